The summed E-state index contributed by atoms with van der Waals surface area (Å²) in [7, 11) is 0. The van der Waals surface area contributed by atoms with Crippen LogP contribution in [0.4, 0.5) is 0 Å². The fourth-order valence-electron chi connectivity index (χ4n) is 0.960. The van der Waals surface area contributed by atoms with Gasteiger partial charge in [0, 0.05) is 11.2 Å². The lowest BCUT2D eigenvalue weighted by molar-refractivity contribution is -0.137. The number of carboxylic acid groups (broad SMARTS) is 1. The number of aromatic nitrogens is 2. The summed E-state index contributed by atoms with van der Waals surface area (Å²) in [4.78, 5) is 10.5. The quantitative estimate of drug-likeness (QED) is 0.813. The Kier molecular flexibility index (Phi) is 4.53. The normalized spacial score (nSPS) is 13.6. The molecule has 0 spiro atoms. The molecular formula is C10H17N3O3S. The second-order valence-corrected chi connectivity index (χ2v) is 5.74. The molecule has 7 heteroatoms. The Hall–Kier alpha value is -1.08. The molecule has 0 bridgehead atoms. The van der Waals surface area contributed by atoms with E-state index in [4.69, 9.17) is 15.3 Å². The molecule has 0 aliphatic rings. The average Bonchev–Trinajstić information content (AvgIpc) is 2.65. The molecule has 96 valence electrons. The third-order valence-electron chi connectivity index (χ3n) is 1.95. The molecule has 6 nitrogen and oxygen atoms in total. The number of aliphatic carboxylic acids is 1. The van der Waals surface area contributed by atoms with Crippen molar-refractivity contribution in [3.63, 3.8) is 0 Å². The van der Waals surface area contributed by atoms with Crippen LogP contribution in [0.5, 0.6) is 0 Å². The van der Waals surface area contributed by atoms with E-state index in [1.165, 1.54) is 11.8 Å². The highest BCUT2D eigenvalue weighted by Gasteiger charge is 2.21. The third-order valence-corrected chi connectivity index (χ3v) is 2.99. The lowest BCUT2D eigenvalue weighted by atomic mass is 9.97. The van der Waals surface area contributed by atoms with Crippen molar-refractivity contribution in [1.82, 2.24) is 10.2 Å². The minimum Gasteiger partial charge on any atom is -0.480 e. The van der Waals surface area contributed by atoms with Crippen molar-refractivity contribution < 1.29 is 14.3 Å². The Labute approximate surface area is 104 Å². The van der Waals surface area contributed by atoms with Crippen LogP contribution in [0.2, 0.25) is 0 Å². The lowest BCUT2D eigenvalue weighted by Gasteiger charge is -2.10. The van der Waals surface area contributed by atoms with Gasteiger partial charge in [0.2, 0.25) is 11.8 Å². The van der Waals surface area contributed by atoms with Crippen molar-refractivity contribution in [2.24, 2.45) is 5.73 Å². The molecule has 1 unspecified atom stereocenters. The van der Waals surface area contributed by atoms with Crippen molar-refractivity contribution in [3.05, 3.63) is 11.8 Å². The summed E-state index contributed by atoms with van der Waals surface area (Å²) in [5, 5.41) is 16.4. The Morgan fingerprint density at radius 1 is 1.53 bits per heavy atom. The molecule has 0 saturated heterocycles. The minimum absolute atomic E-state index is 0.173. The van der Waals surface area contributed by atoms with Crippen molar-refractivity contribution in [2.45, 2.75) is 38.0 Å². The number of hydrogen-bond donors (Lipinski definition) is 2. The van der Waals surface area contributed by atoms with E-state index in [1.54, 1.807) is 0 Å². The maximum atomic E-state index is 10.5. The van der Waals surface area contributed by atoms with Crippen LogP contribution >= 0.6 is 11.8 Å². The third kappa shape index (κ3) is 4.35. The van der Waals surface area contributed by atoms with Gasteiger partial charge in [-0.25, -0.2) is 0 Å². The van der Waals surface area contributed by atoms with Crippen molar-refractivity contribution in [1.29, 1.82) is 0 Å². The first-order chi connectivity index (χ1) is 7.80. The first kappa shape index (κ1) is 14.0. The summed E-state index contributed by atoms with van der Waals surface area (Å²) in [6.45, 7) is 5.95. The molecule has 0 aromatic carbocycles. The monoisotopic (exact) mass is 259 g/mol. The number of hydrogen-bond acceptors (Lipinski definition) is 6. The van der Waals surface area contributed by atoms with Crippen LogP contribution in [0.1, 0.15) is 32.6 Å². The van der Waals surface area contributed by atoms with Gasteiger partial charge in [0.15, 0.2) is 0 Å². The van der Waals surface area contributed by atoms with E-state index in [0.29, 0.717) is 23.3 Å². The van der Waals surface area contributed by atoms with Gasteiger partial charge < -0.3 is 15.3 Å². The van der Waals surface area contributed by atoms with E-state index < -0.39 is 12.0 Å². The van der Waals surface area contributed by atoms with E-state index in [0.717, 1.165) is 0 Å². The molecule has 1 atom stereocenters. The van der Waals surface area contributed by atoms with Crippen LogP contribution in [0.3, 0.4) is 0 Å². The van der Waals surface area contributed by atoms with Gasteiger partial charge in [-0.2, -0.15) is 0 Å². The maximum Gasteiger partial charge on any atom is 0.321 e. The molecule has 0 radical (unpaired) electrons. The topological polar surface area (TPSA) is 102 Å². The zero-order chi connectivity index (χ0) is 13.1. The lowest BCUT2D eigenvalue weighted by Crippen LogP contribution is -2.32. The van der Waals surface area contributed by atoms with E-state index in [-0.39, 0.29) is 5.41 Å². The highest BCUT2D eigenvalue weighted by molar-refractivity contribution is 7.98. The summed E-state index contributed by atoms with van der Waals surface area (Å²) in [5.41, 5.74) is 5.19. The second-order valence-electron chi connectivity index (χ2n) is 4.71. The predicted molar refractivity (Wildman–Crippen MR) is 64.8 cm³/mol. The zero-order valence-electron chi connectivity index (χ0n) is 10.1. The number of rotatable bonds is 5. The van der Waals surface area contributed by atoms with Crippen LogP contribution in [0.15, 0.2) is 4.42 Å². The summed E-state index contributed by atoms with van der Waals surface area (Å²) in [6.07, 6.45) is 0. The molecule has 1 aromatic heterocycles. The SMILES string of the molecule is CC(C)(C)c1nnc(CSCC(N)C(=O)O)o1. The second kappa shape index (κ2) is 5.50. The molecule has 1 aromatic rings. The Balaban J connectivity index is 2.43. The van der Waals surface area contributed by atoms with Crippen molar-refractivity contribution >= 4 is 17.7 Å². The van der Waals surface area contributed by atoms with Gasteiger partial charge in [-0.3, -0.25) is 4.79 Å². The number of nitrogens with two attached hydrogens (primary N) is 1. The molecule has 0 aliphatic heterocycles. The van der Waals surface area contributed by atoms with Gasteiger partial charge in [-0.05, 0) is 0 Å². The number of carbonyl (C=O) groups is 1. The minimum atomic E-state index is -1.00. The number of nitrogens with zero attached hydrogens (tertiary/aromatic N) is 2. The first-order valence-corrected chi connectivity index (χ1v) is 6.35. The molecule has 1 heterocycles. The fourth-order valence-corrected chi connectivity index (χ4v) is 1.77. The summed E-state index contributed by atoms with van der Waals surface area (Å²) in [6, 6.07) is -0.856. The van der Waals surface area contributed by atoms with E-state index >= 15 is 0 Å². The van der Waals surface area contributed by atoms with Gasteiger partial charge in [0.25, 0.3) is 0 Å². The van der Waals surface area contributed by atoms with Gasteiger partial charge >= 0.3 is 5.97 Å². The van der Waals surface area contributed by atoms with Gasteiger partial charge in [-0.15, -0.1) is 22.0 Å². The maximum absolute atomic E-state index is 10.5. The van der Waals surface area contributed by atoms with Crippen LogP contribution in [-0.2, 0) is 16.0 Å². The fraction of sp³-hybridized carbons (Fsp3) is 0.700. The number of thioether (sulfide) groups is 1. The van der Waals surface area contributed by atoms with Crippen molar-refractivity contribution in [3.8, 4) is 0 Å². The summed E-state index contributed by atoms with van der Waals surface area (Å²) in [5.74, 6) is 0.874. The van der Waals surface area contributed by atoms with Crippen molar-refractivity contribution in [2.75, 3.05) is 5.75 Å². The molecule has 17 heavy (non-hydrogen) atoms. The summed E-state index contributed by atoms with van der Waals surface area (Å²) >= 11 is 1.36. The molecular weight excluding hydrogens is 242 g/mol. The highest BCUT2D eigenvalue weighted by atomic mass is 32.2. The Morgan fingerprint density at radius 3 is 2.65 bits per heavy atom. The molecule has 0 saturated carbocycles. The average molecular weight is 259 g/mol. The standard InChI is InChI=1S/C10H17N3O3S/c1-10(2,3)9-13-12-7(16-9)5-17-4-6(11)8(14)15/h6H,4-5,11H2,1-3H3,(H,14,15). The van der Waals surface area contributed by atoms with Gasteiger partial charge in [0.1, 0.15) is 6.04 Å². The highest BCUT2D eigenvalue weighted by Crippen LogP contribution is 2.21. The number of carboxylic acids is 1. The Morgan fingerprint density at radius 2 is 2.18 bits per heavy atom. The molecule has 3 N–H and O–H groups in total. The smallest absolute Gasteiger partial charge is 0.321 e. The zero-order valence-corrected chi connectivity index (χ0v) is 11.0. The predicted octanol–water partition coefficient (Wildman–Crippen LogP) is 1.01. The van der Waals surface area contributed by atoms with Crippen LogP contribution in [0, 0.1) is 0 Å². The van der Waals surface area contributed by atoms with Crippen LogP contribution < -0.4 is 5.73 Å². The van der Waals surface area contributed by atoms with Gasteiger partial charge in [-0.1, -0.05) is 20.8 Å². The molecule has 0 aliphatic carbocycles. The van der Waals surface area contributed by atoms with Crippen LogP contribution in [-0.4, -0.2) is 33.1 Å². The first-order valence-electron chi connectivity index (χ1n) is 5.19. The van der Waals surface area contributed by atoms with E-state index in [1.807, 2.05) is 20.8 Å². The van der Waals surface area contributed by atoms with Gasteiger partial charge in [0.05, 0.1) is 5.75 Å². The molecule has 1 rings (SSSR count). The van der Waals surface area contributed by atoms with Crippen LogP contribution in [0.25, 0.3) is 0 Å². The largest absolute Gasteiger partial charge is 0.480 e. The van der Waals surface area contributed by atoms with E-state index in [2.05, 4.69) is 10.2 Å². The van der Waals surface area contributed by atoms with E-state index in [9.17, 15) is 4.79 Å². The summed E-state index contributed by atoms with van der Waals surface area (Å²) < 4.78 is 5.46. The molecule has 0 fully saturated rings. The Bertz CT molecular complexity index is 386. The molecule has 0 amide bonds.